The van der Waals surface area contributed by atoms with Gasteiger partial charge >= 0.3 is 0 Å². The van der Waals surface area contributed by atoms with Crippen LogP contribution in [-0.2, 0) is 9.59 Å². The van der Waals surface area contributed by atoms with E-state index in [1.165, 1.54) is 17.7 Å². The predicted octanol–water partition coefficient (Wildman–Crippen LogP) is 3.79. The fourth-order valence-electron chi connectivity index (χ4n) is 3.58. The lowest BCUT2D eigenvalue weighted by molar-refractivity contribution is -0.141. The molecule has 1 heterocycles. The van der Waals surface area contributed by atoms with Crippen molar-refractivity contribution in [2.24, 2.45) is 5.92 Å². The Kier molecular flexibility index (Phi) is 6.82. The van der Waals surface area contributed by atoms with Gasteiger partial charge in [-0.1, -0.05) is 25.0 Å². The molecule has 1 aromatic rings. The number of carbonyl (C=O) groups is 2. The maximum Gasteiger partial charge on any atom is 0.225 e. The lowest BCUT2D eigenvalue weighted by Crippen LogP contribution is -2.51. The highest BCUT2D eigenvalue weighted by molar-refractivity contribution is 9.10. The average Bonchev–Trinajstić information content (AvgIpc) is 3.17. The summed E-state index contributed by atoms with van der Waals surface area (Å²) in [6.07, 6.45) is 5.01. The van der Waals surface area contributed by atoms with Gasteiger partial charge in [0.1, 0.15) is 0 Å². The Labute approximate surface area is 162 Å². The van der Waals surface area contributed by atoms with Crippen molar-refractivity contribution in [2.75, 3.05) is 31.9 Å². The Morgan fingerprint density at radius 2 is 1.68 bits per heavy atom. The molecule has 0 N–H and O–H groups in total. The van der Waals surface area contributed by atoms with Crippen molar-refractivity contribution in [2.45, 2.75) is 37.0 Å². The molecule has 0 radical (unpaired) electrons. The smallest absolute Gasteiger partial charge is 0.225 e. The van der Waals surface area contributed by atoms with E-state index in [0.29, 0.717) is 38.5 Å². The SMILES string of the molecule is O=C(CCSc1ccccc1Br)N1CCN(C(=O)C2CCCC2)CC1. The van der Waals surface area contributed by atoms with E-state index >= 15 is 0 Å². The van der Waals surface area contributed by atoms with Gasteiger partial charge in [0, 0.05) is 53.6 Å². The maximum atomic E-state index is 12.5. The Morgan fingerprint density at radius 1 is 1.04 bits per heavy atom. The molecule has 6 heteroatoms. The number of nitrogens with zero attached hydrogens (tertiary/aromatic N) is 2. The summed E-state index contributed by atoms with van der Waals surface area (Å²) in [6, 6.07) is 8.08. The van der Waals surface area contributed by atoms with Crippen molar-refractivity contribution in [1.82, 2.24) is 9.80 Å². The lowest BCUT2D eigenvalue weighted by atomic mass is 10.1. The third-order valence-electron chi connectivity index (χ3n) is 5.06. The van der Waals surface area contributed by atoms with Gasteiger partial charge in [-0.25, -0.2) is 0 Å². The zero-order valence-corrected chi connectivity index (χ0v) is 16.9. The highest BCUT2D eigenvalue weighted by Crippen LogP contribution is 2.28. The number of hydrogen-bond donors (Lipinski definition) is 0. The van der Waals surface area contributed by atoms with Gasteiger partial charge in [-0.3, -0.25) is 9.59 Å². The molecule has 2 fully saturated rings. The summed E-state index contributed by atoms with van der Waals surface area (Å²) in [4.78, 5) is 29.9. The molecule has 25 heavy (non-hydrogen) atoms. The third kappa shape index (κ3) is 5.00. The van der Waals surface area contributed by atoms with Crippen LogP contribution in [0.25, 0.3) is 0 Å². The number of piperazine rings is 1. The van der Waals surface area contributed by atoms with Crippen LogP contribution in [0.15, 0.2) is 33.6 Å². The second kappa shape index (κ2) is 9.08. The molecular weight excluding hydrogens is 400 g/mol. The van der Waals surface area contributed by atoms with E-state index in [1.807, 2.05) is 28.0 Å². The fraction of sp³-hybridized carbons (Fsp3) is 0.579. The molecule has 1 aromatic carbocycles. The second-order valence-corrected chi connectivity index (χ2v) is 8.71. The fourth-order valence-corrected chi connectivity index (χ4v) is 5.08. The van der Waals surface area contributed by atoms with Gasteiger partial charge in [0.2, 0.25) is 11.8 Å². The minimum Gasteiger partial charge on any atom is -0.339 e. The van der Waals surface area contributed by atoms with Crippen LogP contribution in [0.1, 0.15) is 32.1 Å². The molecule has 2 aliphatic rings. The topological polar surface area (TPSA) is 40.6 Å². The summed E-state index contributed by atoms with van der Waals surface area (Å²) in [6.45, 7) is 2.74. The first kappa shape index (κ1) is 18.8. The number of benzene rings is 1. The molecule has 0 aromatic heterocycles. The Hall–Kier alpha value is -1.01. The minimum atomic E-state index is 0.201. The lowest BCUT2D eigenvalue weighted by Gasteiger charge is -2.36. The molecule has 4 nitrogen and oxygen atoms in total. The normalized spacial score (nSPS) is 18.6. The van der Waals surface area contributed by atoms with E-state index in [-0.39, 0.29) is 11.8 Å². The standard InChI is InChI=1S/C19H25BrN2O2S/c20-16-7-3-4-8-17(16)25-14-9-18(23)21-10-12-22(13-11-21)19(24)15-5-1-2-6-15/h3-4,7-8,15H,1-2,5-6,9-14H2. The molecule has 1 aliphatic carbocycles. The van der Waals surface area contributed by atoms with Crippen LogP contribution in [0.5, 0.6) is 0 Å². The molecule has 0 atom stereocenters. The molecular formula is C19H25BrN2O2S. The van der Waals surface area contributed by atoms with Gasteiger partial charge in [0.05, 0.1) is 0 Å². The molecule has 136 valence electrons. The van der Waals surface area contributed by atoms with Crippen LogP contribution in [0.4, 0.5) is 0 Å². The molecule has 1 saturated heterocycles. The van der Waals surface area contributed by atoms with Crippen molar-refractivity contribution in [3.63, 3.8) is 0 Å². The summed E-state index contributed by atoms with van der Waals surface area (Å²) in [5.41, 5.74) is 0. The second-order valence-electron chi connectivity index (χ2n) is 6.72. The van der Waals surface area contributed by atoms with Crippen LogP contribution >= 0.6 is 27.7 Å². The largest absolute Gasteiger partial charge is 0.339 e. The molecule has 0 spiro atoms. The zero-order chi connectivity index (χ0) is 17.6. The summed E-state index contributed by atoms with van der Waals surface area (Å²) < 4.78 is 1.08. The van der Waals surface area contributed by atoms with Gasteiger partial charge in [-0.2, -0.15) is 0 Å². The van der Waals surface area contributed by atoms with Crippen LogP contribution < -0.4 is 0 Å². The van der Waals surface area contributed by atoms with Crippen molar-refractivity contribution in [3.8, 4) is 0 Å². The molecule has 1 saturated carbocycles. The van der Waals surface area contributed by atoms with Crippen LogP contribution in [0.3, 0.4) is 0 Å². The van der Waals surface area contributed by atoms with E-state index in [1.54, 1.807) is 11.8 Å². The van der Waals surface area contributed by atoms with E-state index in [2.05, 4.69) is 22.0 Å². The minimum absolute atomic E-state index is 0.201. The van der Waals surface area contributed by atoms with Gasteiger partial charge in [-0.15, -0.1) is 11.8 Å². The maximum absolute atomic E-state index is 12.5. The summed E-state index contributed by atoms with van der Waals surface area (Å²) >= 11 is 5.24. The molecule has 3 rings (SSSR count). The average molecular weight is 425 g/mol. The predicted molar refractivity (Wildman–Crippen MR) is 105 cm³/mol. The van der Waals surface area contributed by atoms with Crippen LogP contribution in [-0.4, -0.2) is 53.5 Å². The Balaban J connectivity index is 1.39. The Bertz CT molecular complexity index is 611. The van der Waals surface area contributed by atoms with E-state index in [4.69, 9.17) is 0 Å². The van der Waals surface area contributed by atoms with Crippen molar-refractivity contribution in [1.29, 1.82) is 0 Å². The zero-order valence-electron chi connectivity index (χ0n) is 14.5. The van der Waals surface area contributed by atoms with E-state index < -0.39 is 0 Å². The number of rotatable bonds is 5. The van der Waals surface area contributed by atoms with Gasteiger partial charge in [0.15, 0.2) is 0 Å². The number of carbonyl (C=O) groups excluding carboxylic acids is 2. The number of thioether (sulfide) groups is 1. The first-order valence-corrected chi connectivity index (χ1v) is 10.9. The highest BCUT2D eigenvalue weighted by atomic mass is 79.9. The van der Waals surface area contributed by atoms with Crippen LogP contribution in [0.2, 0.25) is 0 Å². The quantitative estimate of drug-likeness (QED) is 0.674. The molecule has 0 unspecified atom stereocenters. The number of amides is 2. The summed E-state index contributed by atoms with van der Waals surface area (Å²) in [5, 5.41) is 0. The van der Waals surface area contributed by atoms with Gasteiger partial charge in [-0.05, 0) is 40.9 Å². The number of hydrogen-bond acceptors (Lipinski definition) is 3. The molecule has 0 bridgehead atoms. The number of halogens is 1. The first-order chi connectivity index (χ1) is 12.1. The van der Waals surface area contributed by atoms with Gasteiger partial charge in [0.25, 0.3) is 0 Å². The van der Waals surface area contributed by atoms with Crippen molar-refractivity contribution >= 4 is 39.5 Å². The van der Waals surface area contributed by atoms with E-state index in [0.717, 1.165) is 23.1 Å². The molecule has 1 aliphatic heterocycles. The highest BCUT2D eigenvalue weighted by Gasteiger charge is 2.30. The monoisotopic (exact) mass is 424 g/mol. The van der Waals surface area contributed by atoms with Gasteiger partial charge < -0.3 is 9.80 Å². The Morgan fingerprint density at radius 3 is 2.36 bits per heavy atom. The summed E-state index contributed by atoms with van der Waals surface area (Å²) in [5.74, 6) is 1.53. The van der Waals surface area contributed by atoms with Crippen molar-refractivity contribution < 1.29 is 9.59 Å². The third-order valence-corrected chi connectivity index (χ3v) is 7.09. The van der Waals surface area contributed by atoms with Crippen molar-refractivity contribution in [3.05, 3.63) is 28.7 Å². The van der Waals surface area contributed by atoms with Crippen LogP contribution in [0, 0.1) is 5.92 Å². The summed E-state index contributed by atoms with van der Waals surface area (Å²) in [7, 11) is 0. The van der Waals surface area contributed by atoms with E-state index in [9.17, 15) is 9.59 Å². The first-order valence-electron chi connectivity index (χ1n) is 9.09. The molecule has 2 amide bonds.